The number of nitrogens with zero attached hydrogens (tertiary/aromatic N) is 1. The molecule has 1 atom stereocenters. The molecule has 0 unspecified atom stereocenters. The Balaban J connectivity index is 1.96. The van der Waals surface area contributed by atoms with Crippen molar-refractivity contribution >= 4 is 38.1 Å². The van der Waals surface area contributed by atoms with E-state index in [-0.39, 0.29) is 5.91 Å². The first-order chi connectivity index (χ1) is 13.2. The van der Waals surface area contributed by atoms with Crippen molar-refractivity contribution in [3.63, 3.8) is 0 Å². The van der Waals surface area contributed by atoms with Crippen LogP contribution in [0.1, 0.15) is 18.1 Å². The Morgan fingerprint density at radius 2 is 1.57 bits per heavy atom. The van der Waals surface area contributed by atoms with E-state index < -0.39 is 16.1 Å². The standard InChI is InChI=1S/C22H24N2O3S/c1-15-12-16(2)14-19(13-15)24(28(4,26)27)17(3)22(25)23-21-11-7-9-18-8-5-6-10-20(18)21/h5-14,17H,1-4H3,(H,23,25)/t17-/m0/s1. The molecule has 28 heavy (non-hydrogen) atoms. The van der Waals surface area contributed by atoms with Gasteiger partial charge in [-0.1, -0.05) is 42.5 Å². The number of carbonyl (C=O) groups excluding carboxylic acids is 1. The largest absolute Gasteiger partial charge is 0.324 e. The van der Waals surface area contributed by atoms with Crippen LogP contribution in [0.2, 0.25) is 0 Å². The van der Waals surface area contributed by atoms with Gasteiger partial charge < -0.3 is 5.32 Å². The highest BCUT2D eigenvalue weighted by atomic mass is 32.2. The van der Waals surface area contributed by atoms with Crippen LogP contribution in [0.25, 0.3) is 10.8 Å². The van der Waals surface area contributed by atoms with E-state index in [9.17, 15) is 13.2 Å². The van der Waals surface area contributed by atoms with Crippen LogP contribution in [0, 0.1) is 13.8 Å². The molecule has 0 aliphatic heterocycles. The van der Waals surface area contributed by atoms with Gasteiger partial charge in [0.25, 0.3) is 0 Å². The number of rotatable bonds is 5. The first kappa shape index (κ1) is 19.9. The van der Waals surface area contributed by atoms with E-state index in [1.165, 1.54) is 4.31 Å². The minimum Gasteiger partial charge on any atom is -0.324 e. The Bertz CT molecular complexity index is 1110. The number of hydrogen-bond donors (Lipinski definition) is 1. The fourth-order valence-electron chi connectivity index (χ4n) is 3.46. The normalized spacial score (nSPS) is 12.6. The fourth-order valence-corrected chi connectivity index (χ4v) is 4.62. The number of amides is 1. The third kappa shape index (κ3) is 4.17. The van der Waals surface area contributed by atoms with Crippen molar-refractivity contribution in [3.05, 3.63) is 71.8 Å². The number of sulfonamides is 1. The summed E-state index contributed by atoms with van der Waals surface area (Å²) >= 11 is 0. The number of fused-ring (bicyclic) bond motifs is 1. The molecule has 0 radical (unpaired) electrons. The van der Waals surface area contributed by atoms with E-state index >= 15 is 0 Å². The molecule has 0 saturated carbocycles. The average molecular weight is 397 g/mol. The Kier molecular flexibility index (Phi) is 5.42. The molecular weight excluding hydrogens is 372 g/mol. The van der Waals surface area contributed by atoms with Crippen molar-refractivity contribution in [2.75, 3.05) is 15.9 Å². The number of anilines is 2. The van der Waals surface area contributed by atoms with E-state index in [0.717, 1.165) is 28.2 Å². The number of nitrogens with one attached hydrogen (secondary N) is 1. The van der Waals surface area contributed by atoms with Crippen LogP contribution in [-0.2, 0) is 14.8 Å². The summed E-state index contributed by atoms with van der Waals surface area (Å²) in [4.78, 5) is 13.0. The van der Waals surface area contributed by atoms with Crippen molar-refractivity contribution in [1.82, 2.24) is 0 Å². The van der Waals surface area contributed by atoms with E-state index in [4.69, 9.17) is 0 Å². The van der Waals surface area contributed by atoms with Crippen molar-refractivity contribution in [1.29, 1.82) is 0 Å². The smallest absolute Gasteiger partial charge is 0.248 e. The van der Waals surface area contributed by atoms with Crippen LogP contribution in [0.3, 0.4) is 0 Å². The summed E-state index contributed by atoms with van der Waals surface area (Å²) in [6, 6.07) is 18.0. The minimum atomic E-state index is -3.66. The van der Waals surface area contributed by atoms with Gasteiger partial charge in [0.1, 0.15) is 6.04 Å². The lowest BCUT2D eigenvalue weighted by Crippen LogP contribution is -2.45. The molecule has 0 aliphatic carbocycles. The molecule has 146 valence electrons. The van der Waals surface area contributed by atoms with Gasteiger partial charge in [-0.2, -0.15) is 0 Å². The second-order valence-electron chi connectivity index (χ2n) is 7.10. The van der Waals surface area contributed by atoms with Gasteiger partial charge >= 0.3 is 0 Å². The molecule has 1 N–H and O–H groups in total. The van der Waals surface area contributed by atoms with Gasteiger partial charge in [0.2, 0.25) is 15.9 Å². The molecule has 1 amide bonds. The topological polar surface area (TPSA) is 66.5 Å². The minimum absolute atomic E-state index is 0.388. The van der Waals surface area contributed by atoms with Crippen LogP contribution in [0.5, 0.6) is 0 Å². The van der Waals surface area contributed by atoms with Crippen LogP contribution in [0.15, 0.2) is 60.7 Å². The van der Waals surface area contributed by atoms with Crippen LogP contribution in [0.4, 0.5) is 11.4 Å². The first-order valence-corrected chi connectivity index (χ1v) is 10.9. The van der Waals surface area contributed by atoms with E-state index in [1.54, 1.807) is 19.1 Å². The fraction of sp³-hybridized carbons (Fsp3) is 0.227. The third-order valence-electron chi connectivity index (χ3n) is 4.60. The SMILES string of the molecule is Cc1cc(C)cc(N([C@@H](C)C(=O)Nc2cccc3ccccc23)S(C)(=O)=O)c1. The molecular formula is C22H24N2O3S. The Morgan fingerprint density at radius 3 is 2.21 bits per heavy atom. The van der Waals surface area contributed by atoms with E-state index in [2.05, 4.69) is 5.32 Å². The predicted molar refractivity (Wildman–Crippen MR) is 115 cm³/mol. The monoisotopic (exact) mass is 396 g/mol. The van der Waals surface area contributed by atoms with Gasteiger partial charge in [0.15, 0.2) is 0 Å². The Morgan fingerprint density at radius 1 is 0.964 bits per heavy atom. The average Bonchev–Trinajstić information content (AvgIpc) is 2.60. The maximum Gasteiger partial charge on any atom is 0.248 e. The molecule has 5 nitrogen and oxygen atoms in total. The molecule has 3 rings (SSSR count). The summed E-state index contributed by atoms with van der Waals surface area (Å²) < 4.78 is 26.2. The number of aryl methyl sites for hydroxylation is 2. The lowest BCUT2D eigenvalue weighted by Gasteiger charge is -2.29. The molecule has 6 heteroatoms. The third-order valence-corrected chi connectivity index (χ3v) is 5.84. The van der Waals surface area contributed by atoms with Crippen molar-refractivity contribution in [2.45, 2.75) is 26.8 Å². The summed E-state index contributed by atoms with van der Waals surface area (Å²) in [5.41, 5.74) is 3.01. The van der Waals surface area contributed by atoms with E-state index in [0.29, 0.717) is 11.4 Å². The highest BCUT2D eigenvalue weighted by Crippen LogP contribution is 2.26. The van der Waals surface area contributed by atoms with Crippen LogP contribution < -0.4 is 9.62 Å². The maximum absolute atomic E-state index is 13.0. The summed E-state index contributed by atoms with van der Waals surface area (Å²) in [5.74, 6) is -0.388. The zero-order valence-corrected chi connectivity index (χ0v) is 17.2. The Hall–Kier alpha value is -2.86. The quantitative estimate of drug-likeness (QED) is 0.701. The van der Waals surface area contributed by atoms with Crippen molar-refractivity contribution < 1.29 is 13.2 Å². The molecule has 3 aromatic rings. The van der Waals surface area contributed by atoms with Gasteiger partial charge in [0.05, 0.1) is 11.9 Å². The van der Waals surface area contributed by atoms with Crippen LogP contribution >= 0.6 is 0 Å². The van der Waals surface area contributed by atoms with Crippen molar-refractivity contribution in [2.24, 2.45) is 0 Å². The number of carbonyl (C=O) groups is 1. The molecule has 0 bridgehead atoms. The highest BCUT2D eigenvalue weighted by Gasteiger charge is 2.29. The van der Waals surface area contributed by atoms with Gasteiger partial charge in [-0.15, -0.1) is 0 Å². The molecule has 0 fully saturated rings. The zero-order valence-electron chi connectivity index (χ0n) is 16.4. The van der Waals surface area contributed by atoms with E-state index in [1.807, 2.05) is 62.4 Å². The maximum atomic E-state index is 13.0. The second-order valence-corrected chi connectivity index (χ2v) is 8.96. The molecule has 0 spiro atoms. The summed E-state index contributed by atoms with van der Waals surface area (Å²) in [5, 5.41) is 4.80. The molecule has 0 aliphatic rings. The number of benzene rings is 3. The molecule has 0 heterocycles. The molecule has 3 aromatic carbocycles. The predicted octanol–water partition coefficient (Wildman–Crippen LogP) is 4.25. The summed E-state index contributed by atoms with van der Waals surface area (Å²) in [6.45, 7) is 5.40. The van der Waals surface area contributed by atoms with Gasteiger partial charge in [0, 0.05) is 11.1 Å². The number of hydrogen-bond acceptors (Lipinski definition) is 3. The molecule has 0 aromatic heterocycles. The highest BCUT2D eigenvalue weighted by molar-refractivity contribution is 7.92. The second kappa shape index (κ2) is 7.64. The summed E-state index contributed by atoms with van der Waals surface area (Å²) in [7, 11) is -3.66. The van der Waals surface area contributed by atoms with Gasteiger partial charge in [-0.05, 0) is 55.5 Å². The lowest BCUT2D eigenvalue weighted by molar-refractivity contribution is -0.116. The molecule has 0 saturated heterocycles. The zero-order chi connectivity index (χ0) is 20.5. The first-order valence-electron chi connectivity index (χ1n) is 9.03. The van der Waals surface area contributed by atoms with Gasteiger partial charge in [-0.3, -0.25) is 9.10 Å². The Labute approximate surface area is 166 Å². The van der Waals surface area contributed by atoms with Crippen molar-refractivity contribution in [3.8, 4) is 0 Å². The summed E-state index contributed by atoms with van der Waals surface area (Å²) in [6.07, 6.45) is 1.12. The van der Waals surface area contributed by atoms with Crippen LogP contribution in [-0.4, -0.2) is 26.6 Å². The lowest BCUT2D eigenvalue weighted by atomic mass is 10.1. The van der Waals surface area contributed by atoms with Gasteiger partial charge in [-0.25, -0.2) is 8.42 Å².